The summed E-state index contributed by atoms with van der Waals surface area (Å²) in [6, 6.07) is 7.55. The van der Waals surface area contributed by atoms with Gasteiger partial charge in [0.2, 0.25) is 0 Å². The summed E-state index contributed by atoms with van der Waals surface area (Å²) in [7, 11) is -4.40. The normalized spacial score (nSPS) is 12.4. The van der Waals surface area contributed by atoms with E-state index in [1.165, 1.54) is 24.3 Å². The molecule has 0 saturated carbocycles. The number of alkyl halides is 3. The Bertz CT molecular complexity index is 708. The summed E-state index contributed by atoms with van der Waals surface area (Å²) in [6.07, 6.45) is -4.62. The average molecular weight is 323 g/mol. The van der Waals surface area contributed by atoms with Gasteiger partial charge in [-0.05, 0) is 5.56 Å². The first-order valence-electron chi connectivity index (χ1n) is 5.15. The number of hydrogen-bond acceptors (Lipinski definition) is 4. The predicted molar refractivity (Wildman–Crippen MR) is 68.5 cm³/mol. The van der Waals surface area contributed by atoms with E-state index < -0.39 is 27.1 Å². The molecule has 0 aliphatic carbocycles. The van der Waals surface area contributed by atoms with Gasteiger partial charge in [-0.1, -0.05) is 30.3 Å². The van der Waals surface area contributed by atoms with Crippen LogP contribution in [0.3, 0.4) is 0 Å². The van der Waals surface area contributed by atoms with E-state index in [1.54, 1.807) is 6.07 Å². The van der Waals surface area contributed by atoms with E-state index in [2.05, 4.69) is 4.18 Å². The van der Waals surface area contributed by atoms with Gasteiger partial charge in [0.05, 0.1) is 0 Å². The minimum Gasteiger partial charge on any atom is -0.369 e. The molecule has 20 heavy (non-hydrogen) atoms. The number of thiophene rings is 1. The maximum absolute atomic E-state index is 13.0. The van der Waals surface area contributed by atoms with E-state index in [1.807, 2.05) is 0 Å². The second-order valence-corrected chi connectivity index (χ2v) is 5.78. The predicted octanol–water partition coefficient (Wildman–Crippen LogP) is 3.02. The van der Waals surface area contributed by atoms with Crippen LogP contribution in [0.25, 0.3) is 11.1 Å². The molecule has 2 rings (SSSR count). The van der Waals surface area contributed by atoms with Crippen molar-refractivity contribution >= 4 is 21.6 Å². The minimum atomic E-state index is -4.62. The van der Waals surface area contributed by atoms with Gasteiger partial charge < -0.3 is 4.18 Å². The second kappa shape index (κ2) is 5.08. The third-order valence-electron chi connectivity index (χ3n) is 2.28. The van der Waals surface area contributed by atoms with Crippen LogP contribution in [0.4, 0.5) is 13.2 Å². The Balaban J connectivity index is 2.64. The maximum atomic E-state index is 13.0. The molecule has 0 radical (unpaired) electrons. The molecule has 0 amide bonds. The van der Waals surface area contributed by atoms with Crippen molar-refractivity contribution < 1.29 is 25.8 Å². The van der Waals surface area contributed by atoms with Gasteiger partial charge in [0, 0.05) is 10.9 Å². The lowest BCUT2D eigenvalue weighted by Crippen LogP contribution is -2.19. The fourth-order valence-electron chi connectivity index (χ4n) is 1.62. The van der Waals surface area contributed by atoms with Crippen LogP contribution in [0.5, 0.6) is 5.75 Å². The Kier molecular flexibility index (Phi) is 3.76. The Morgan fingerprint density at radius 2 is 1.75 bits per heavy atom. The van der Waals surface area contributed by atoms with Gasteiger partial charge in [-0.25, -0.2) is 0 Å². The number of rotatable bonds is 3. The molecule has 0 aliphatic heterocycles. The lowest BCUT2D eigenvalue weighted by Gasteiger charge is -2.10. The Morgan fingerprint density at radius 1 is 1.15 bits per heavy atom. The van der Waals surface area contributed by atoms with Crippen molar-refractivity contribution in [3.8, 4) is 16.9 Å². The smallest absolute Gasteiger partial charge is 0.369 e. The highest BCUT2D eigenvalue weighted by atomic mass is 32.2. The molecular formula is C11H8F3NO3S2. The molecular weight excluding hydrogens is 315 g/mol. The highest BCUT2D eigenvalue weighted by molar-refractivity contribution is 7.84. The first kappa shape index (κ1) is 14.8. The monoisotopic (exact) mass is 323 g/mol. The molecule has 9 heteroatoms. The zero-order valence-electron chi connectivity index (χ0n) is 9.72. The molecule has 2 aromatic rings. The zero-order valence-corrected chi connectivity index (χ0v) is 11.3. The summed E-state index contributed by atoms with van der Waals surface area (Å²) in [5.41, 5.74) is -0.142. The Hall–Kier alpha value is -1.58. The average Bonchev–Trinajstić information content (AvgIpc) is 2.71. The fourth-order valence-corrected chi connectivity index (χ4v) is 2.92. The fraction of sp³-hybridized carbons (Fsp3) is 0.0909. The van der Waals surface area contributed by atoms with Crippen molar-refractivity contribution in [2.45, 2.75) is 6.18 Å². The lowest BCUT2D eigenvalue weighted by atomic mass is 10.1. The molecule has 0 spiro atoms. The third kappa shape index (κ3) is 3.30. The van der Waals surface area contributed by atoms with Gasteiger partial charge in [-0.3, -0.25) is 0 Å². The van der Waals surface area contributed by atoms with Crippen molar-refractivity contribution in [3.05, 3.63) is 40.6 Å². The molecule has 0 saturated heterocycles. The molecule has 1 heterocycles. The first-order chi connectivity index (χ1) is 9.18. The molecule has 108 valence electrons. The number of hydrogen-bond donors (Lipinski definition) is 1. The summed E-state index contributed by atoms with van der Waals surface area (Å²) in [5.74, 6) is -0.434. The molecule has 1 aromatic carbocycles. The van der Waals surface area contributed by atoms with Crippen LogP contribution >= 0.6 is 11.3 Å². The summed E-state index contributed by atoms with van der Waals surface area (Å²) in [5, 5.41) is 5.67. The van der Waals surface area contributed by atoms with E-state index in [-0.39, 0.29) is 11.1 Å². The van der Waals surface area contributed by atoms with Gasteiger partial charge in [-0.2, -0.15) is 26.7 Å². The third-order valence-corrected chi connectivity index (χ3v) is 3.70. The van der Waals surface area contributed by atoms with Crippen LogP contribution in [0, 0.1) is 0 Å². The van der Waals surface area contributed by atoms with E-state index in [0.29, 0.717) is 11.3 Å². The van der Waals surface area contributed by atoms with E-state index in [4.69, 9.17) is 5.14 Å². The Morgan fingerprint density at radius 3 is 2.25 bits per heavy atom. The van der Waals surface area contributed by atoms with Crippen molar-refractivity contribution in [1.29, 1.82) is 0 Å². The number of benzene rings is 1. The summed E-state index contributed by atoms with van der Waals surface area (Å²) < 4.78 is 65.1. The van der Waals surface area contributed by atoms with Crippen LogP contribution in [-0.2, 0) is 16.5 Å². The largest absolute Gasteiger partial charge is 0.426 e. The van der Waals surface area contributed by atoms with E-state index in [9.17, 15) is 21.6 Å². The minimum absolute atomic E-state index is 0.194. The van der Waals surface area contributed by atoms with Crippen LogP contribution in [0.1, 0.15) is 4.88 Å². The highest BCUT2D eigenvalue weighted by Crippen LogP contribution is 2.46. The molecule has 4 nitrogen and oxygen atoms in total. The molecule has 0 fully saturated rings. The molecule has 0 unspecified atom stereocenters. The topological polar surface area (TPSA) is 69.4 Å². The Labute approximate surface area is 116 Å². The standard InChI is InChI=1S/C11H8F3NO3S2/c12-11(13,14)10-9(7-4-2-1-3-5-7)8(6-19-10)18-20(15,16)17/h1-6H,(H2,15,16,17). The van der Waals surface area contributed by atoms with Gasteiger partial charge in [0.25, 0.3) is 0 Å². The van der Waals surface area contributed by atoms with Crippen LogP contribution in [0.15, 0.2) is 35.7 Å². The molecule has 2 N–H and O–H groups in total. The summed E-state index contributed by atoms with van der Waals surface area (Å²) in [6.45, 7) is 0. The molecule has 0 aliphatic rings. The second-order valence-electron chi connectivity index (χ2n) is 3.74. The first-order valence-corrected chi connectivity index (χ1v) is 7.50. The zero-order chi connectivity index (χ0) is 15.0. The van der Waals surface area contributed by atoms with Crippen molar-refractivity contribution in [1.82, 2.24) is 0 Å². The van der Waals surface area contributed by atoms with Crippen molar-refractivity contribution in [2.75, 3.05) is 0 Å². The van der Waals surface area contributed by atoms with Crippen molar-refractivity contribution in [2.24, 2.45) is 5.14 Å². The molecule has 1 aromatic heterocycles. The number of nitrogens with two attached hydrogens (primary N) is 1. The van der Waals surface area contributed by atoms with Gasteiger partial charge in [0.1, 0.15) is 4.88 Å². The lowest BCUT2D eigenvalue weighted by molar-refractivity contribution is -0.133. The molecule has 0 bridgehead atoms. The summed E-state index contributed by atoms with van der Waals surface area (Å²) >= 11 is 0.349. The quantitative estimate of drug-likeness (QED) is 0.944. The summed E-state index contributed by atoms with van der Waals surface area (Å²) in [4.78, 5) is -0.942. The van der Waals surface area contributed by atoms with Gasteiger partial charge >= 0.3 is 16.5 Å². The SMILES string of the molecule is NS(=O)(=O)Oc1csc(C(F)(F)F)c1-c1ccccc1. The van der Waals surface area contributed by atoms with Crippen molar-refractivity contribution in [3.63, 3.8) is 0 Å². The van der Waals surface area contributed by atoms with Gasteiger partial charge in [0.15, 0.2) is 5.75 Å². The van der Waals surface area contributed by atoms with E-state index in [0.717, 1.165) is 5.38 Å². The van der Waals surface area contributed by atoms with E-state index >= 15 is 0 Å². The highest BCUT2D eigenvalue weighted by Gasteiger charge is 2.38. The van der Waals surface area contributed by atoms with Gasteiger partial charge in [-0.15, -0.1) is 11.3 Å². The van der Waals surface area contributed by atoms with Crippen LogP contribution in [0.2, 0.25) is 0 Å². The number of halogens is 3. The van der Waals surface area contributed by atoms with Crippen LogP contribution < -0.4 is 9.32 Å². The maximum Gasteiger partial charge on any atom is 0.426 e. The molecule has 0 atom stereocenters. The van der Waals surface area contributed by atoms with Crippen LogP contribution in [-0.4, -0.2) is 8.42 Å².